The summed E-state index contributed by atoms with van der Waals surface area (Å²) in [6.45, 7) is 0.268. The number of benzene rings is 1. The Morgan fingerprint density at radius 2 is 1.95 bits per heavy atom. The molecule has 0 fully saturated rings. The Morgan fingerprint density at radius 3 is 2.59 bits per heavy atom. The van der Waals surface area contributed by atoms with Crippen LogP contribution in [-0.4, -0.2) is 19.3 Å². The molecule has 0 aliphatic heterocycles. The molecular weight excluding hydrogens is 306 g/mol. The van der Waals surface area contributed by atoms with E-state index in [1.165, 1.54) is 18.4 Å². The number of nitrogens with one attached hydrogen (secondary N) is 2. The summed E-state index contributed by atoms with van der Waals surface area (Å²) in [6, 6.07) is 9.35. The summed E-state index contributed by atoms with van der Waals surface area (Å²) in [6.07, 6.45) is 1.54. The first kappa shape index (κ1) is 14.4. The standard InChI is InChI=1S/C14H13N3O4S/c15-22(19,20)10-3-1-9(2-4-10)8-16-14(18)12-7-13-11(17-12)5-6-21-13/h1-7,17H,8H2,(H,16,18)(H2,15,19,20). The molecule has 0 radical (unpaired) electrons. The predicted molar refractivity (Wildman–Crippen MR) is 79.6 cm³/mol. The van der Waals surface area contributed by atoms with Gasteiger partial charge in [-0.2, -0.15) is 0 Å². The highest BCUT2D eigenvalue weighted by molar-refractivity contribution is 7.89. The fraction of sp³-hybridized carbons (Fsp3) is 0.0714. The molecule has 114 valence electrons. The van der Waals surface area contributed by atoms with Gasteiger partial charge in [-0.25, -0.2) is 13.6 Å². The van der Waals surface area contributed by atoms with Crippen LogP contribution in [0, 0.1) is 0 Å². The number of primary sulfonamides is 1. The van der Waals surface area contributed by atoms with Crippen molar-refractivity contribution in [3.05, 3.63) is 53.9 Å². The average molecular weight is 319 g/mol. The van der Waals surface area contributed by atoms with Crippen molar-refractivity contribution in [2.75, 3.05) is 0 Å². The Bertz CT molecular complexity index is 894. The molecule has 8 heteroatoms. The van der Waals surface area contributed by atoms with E-state index in [1.54, 1.807) is 24.3 Å². The first-order valence-electron chi connectivity index (χ1n) is 6.39. The van der Waals surface area contributed by atoms with Crippen molar-refractivity contribution >= 4 is 27.0 Å². The maximum atomic E-state index is 12.0. The largest absolute Gasteiger partial charge is 0.463 e. The van der Waals surface area contributed by atoms with Gasteiger partial charge in [-0.3, -0.25) is 4.79 Å². The highest BCUT2D eigenvalue weighted by Gasteiger charge is 2.11. The Labute approximate surface area is 126 Å². The number of H-pyrrole nitrogens is 1. The van der Waals surface area contributed by atoms with Crippen LogP contribution in [0.3, 0.4) is 0 Å². The number of aromatic nitrogens is 1. The van der Waals surface area contributed by atoms with Crippen molar-refractivity contribution in [3.63, 3.8) is 0 Å². The Hall–Kier alpha value is -2.58. The minimum atomic E-state index is -3.71. The Balaban J connectivity index is 1.67. The van der Waals surface area contributed by atoms with Gasteiger partial charge in [0.2, 0.25) is 10.0 Å². The number of carbonyl (C=O) groups is 1. The minimum Gasteiger partial charge on any atom is -0.463 e. The molecule has 0 spiro atoms. The third-order valence-corrected chi connectivity index (χ3v) is 4.12. The van der Waals surface area contributed by atoms with Crippen LogP contribution in [0.25, 0.3) is 11.1 Å². The maximum Gasteiger partial charge on any atom is 0.268 e. The number of rotatable bonds is 4. The molecule has 0 saturated carbocycles. The third kappa shape index (κ3) is 2.87. The van der Waals surface area contributed by atoms with Crippen LogP contribution in [0.1, 0.15) is 16.1 Å². The lowest BCUT2D eigenvalue weighted by Crippen LogP contribution is -2.23. The highest BCUT2D eigenvalue weighted by atomic mass is 32.2. The molecule has 0 atom stereocenters. The van der Waals surface area contributed by atoms with E-state index in [9.17, 15) is 13.2 Å². The summed E-state index contributed by atoms with van der Waals surface area (Å²) >= 11 is 0. The molecule has 3 aromatic rings. The van der Waals surface area contributed by atoms with Gasteiger partial charge in [-0.1, -0.05) is 12.1 Å². The normalized spacial score (nSPS) is 11.7. The molecule has 2 heterocycles. The molecule has 0 aliphatic rings. The van der Waals surface area contributed by atoms with Crippen LogP contribution in [-0.2, 0) is 16.6 Å². The number of carbonyl (C=O) groups excluding carboxylic acids is 1. The van der Waals surface area contributed by atoms with Crippen molar-refractivity contribution in [1.82, 2.24) is 10.3 Å². The Kier molecular flexibility index (Phi) is 3.47. The summed E-state index contributed by atoms with van der Waals surface area (Å²) in [5, 5.41) is 7.75. The van der Waals surface area contributed by atoms with E-state index in [2.05, 4.69) is 10.3 Å². The fourth-order valence-electron chi connectivity index (χ4n) is 2.05. The van der Waals surface area contributed by atoms with Crippen molar-refractivity contribution in [2.24, 2.45) is 5.14 Å². The number of nitrogens with two attached hydrogens (primary N) is 1. The van der Waals surface area contributed by atoms with Crippen LogP contribution in [0.2, 0.25) is 0 Å². The van der Waals surface area contributed by atoms with E-state index >= 15 is 0 Å². The van der Waals surface area contributed by atoms with E-state index in [1.807, 2.05) is 0 Å². The minimum absolute atomic E-state index is 0.0345. The van der Waals surface area contributed by atoms with Gasteiger partial charge >= 0.3 is 0 Å². The van der Waals surface area contributed by atoms with Crippen LogP contribution >= 0.6 is 0 Å². The average Bonchev–Trinajstić information content (AvgIpc) is 3.05. The molecule has 0 bridgehead atoms. The molecular formula is C14H13N3O4S. The molecule has 0 aliphatic carbocycles. The summed E-state index contributed by atoms with van der Waals surface area (Å²) in [5.74, 6) is -0.276. The molecule has 0 unspecified atom stereocenters. The lowest BCUT2D eigenvalue weighted by atomic mass is 10.2. The number of fused-ring (bicyclic) bond motifs is 1. The smallest absolute Gasteiger partial charge is 0.268 e. The number of aromatic amines is 1. The first-order valence-corrected chi connectivity index (χ1v) is 7.94. The lowest BCUT2D eigenvalue weighted by Gasteiger charge is -2.05. The summed E-state index contributed by atoms with van der Waals surface area (Å²) < 4.78 is 27.5. The van der Waals surface area contributed by atoms with Gasteiger partial charge in [0.15, 0.2) is 5.58 Å². The quantitative estimate of drug-likeness (QED) is 0.672. The zero-order chi connectivity index (χ0) is 15.7. The van der Waals surface area contributed by atoms with Crippen molar-refractivity contribution in [3.8, 4) is 0 Å². The van der Waals surface area contributed by atoms with Crippen LogP contribution in [0.5, 0.6) is 0 Å². The molecule has 4 N–H and O–H groups in total. The van der Waals surface area contributed by atoms with Gasteiger partial charge in [0, 0.05) is 18.7 Å². The van der Waals surface area contributed by atoms with E-state index in [0.717, 1.165) is 11.1 Å². The van der Waals surface area contributed by atoms with Gasteiger partial charge in [-0.15, -0.1) is 0 Å². The zero-order valence-corrected chi connectivity index (χ0v) is 12.2. The molecule has 7 nitrogen and oxygen atoms in total. The molecule has 2 aromatic heterocycles. The third-order valence-electron chi connectivity index (χ3n) is 3.19. The van der Waals surface area contributed by atoms with E-state index in [-0.39, 0.29) is 17.3 Å². The Morgan fingerprint density at radius 1 is 1.23 bits per heavy atom. The second-order valence-electron chi connectivity index (χ2n) is 4.75. The summed E-state index contributed by atoms with van der Waals surface area (Å²) in [4.78, 5) is 15.0. The number of sulfonamides is 1. The van der Waals surface area contributed by atoms with E-state index < -0.39 is 10.0 Å². The first-order chi connectivity index (χ1) is 10.4. The molecule has 0 saturated heterocycles. The predicted octanol–water partition coefficient (Wildman–Crippen LogP) is 1.34. The number of hydrogen-bond donors (Lipinski definition) is 3. The molecule has 3 rings (SSSR count). The van der Waals surface area contributed by atoms with Gasteiger partial charge < -0.3 is 14.7 Å². The second-order valence-corrected chi connectivity index (χ2v) is 6.31. The fourth-order valence-corrected chi connectivity index (χ4v) is 2.56. The topological polar surface area (TPSA) is 118 Å². The second kappa shape index (κ2) is 5.32. The summed E-state index contributed by atoms with van der Waals surface area (Å²) in [7, 11) is -3.71. The van der Waals surface area contributed by atoms with Crippen LogP contribution in [0.15, 0.2) is 52.0 Å². The van der Waals surface area contributed by atoms with Crippen LogP contribution in [0.4, 0.5) is 0 Å². The molecule has 1 aromatic carbocycles. The maximum absolute atomic E-state index is 12.0. The zero-order valence-electron chi connectivity index (χ0n) is 11.4. The van der Waals surface area contributed by atoms with Gasteiger partial charge in [0.25, 0.3) is 5.91 Å². The molecule has 1 amide bonds. The lowest BCUT2D eigenvalue weighted by molar-refractivity contribution is 0.0946. The summed E-state index contributed by atoms with van der Waals surface area (Å²) in [5.41, 5.74) is 2.52. The van der Waals surface area contributed by atoms with Gasteiger partial charge in [0.1, 0.15) is 5.69 Å². The van der Waals surface area contributed by atoms with E-state index in [4.69, 9.17) is 9.56 Å². The number of furan rings is 1. The van der Waals surface area contributed by atoms with Crippen molar-refractivity contribution in [2.45, 2.75) is 11.4 Å². The monoisotopic (exact) mass is 319 g/mol. The van der Waals surface area contributed by atoms with Crippen LogP contribution < -0.4 is 10.5 Å². The van der Waals surface area contributed by atoms with Gasteiger partial charge in [-0.05, 0) is 17.7 Å². The number of hydrogen-bond acceptors (Lipinski definition) is 4. The van der Waals surface area contributed by atoms with Crippen molar-refractivity contribution in [1.29, 1.82) is 0 Å². The number of amides is 1. The SMILES string of the molecule is NS(=O)(=O)c1ccc(CNC(=O)c2cc3occc3[nH]2)cc1. The van der Waals surface area contributed by atoms with E-state index in [0.29, 0.717) is 11.3 Å². The van der Waals surface area contributed by atoms with Gasteiger partial charge in [0.05, 0.1) is 16.7 Å². The molecule has 22 heavy (non-hydrogen) atoms. The van der Waals surface area contributed by atoms with Crippen molar-refractivity contribution < 1.29 is 17.6 Å². The highest BCUT2D eigenvalue weighted by Crippen LogP contribution is 2.16.